The van der Waals surface area contributed by atoms with Crippen LogP contribution in [0.4, 0.5) is 5.82 Å². The standard InChI is InChI=1S/C24H25N5O3/c1-16-14-22-25-23(18-6-4-5-7-20(18)29(22)26-16)27-10-12-28(13-11-27)24(30)19-9-8-17(31-2)15-21(19)32-3/h4-9,14-15H,10-13H2,1-3H3. The van der Waals surface area contributed by atoms with Gasteiger partial charge in [0.15, 0.2) is 5.65 Å². The van der Waals surface area contributed by atoms with Gasteiger partial charge in [-0.2, -0.15) is 5.10 Å². The van der Waals surface area contributed by atoms with Crippen molar-refractivity contribution in [2.24, 2.45) is 0 Å². The first-order valence-electron chi connectivity index (χ1n) is 10.6. The van der Waals surface area contributed by atoms with Crippen molar-refractivity contribution in [2.45, 2.75) is 6.92 Å². The van der Waals surface area contributed by atoms with Gasteiger partial charge in [0.05, 0.1) is 31.0 Å². The van der Waals surface area contributed by atoms with E-state index in [9.17, 15) is 4.79 Å². The first kappa shape index (κ1) is 20.1. The number of piperazine rings is 1. The number of aromatic nitrogens is 3. The molecule has 0 N–H and O–H groups in total. The lowest BCUT2D eigenvalue weighted by Gasteiger charge is -2.36. The summed E-state index contributed by atoms with van der Waals surface area (Å²) in [6.07, 6.45) is 0. The third-order valence-electron chi connectivity index (χ3n) is 5.91. The van der Waals surface area contributed by atoms with E-state index < -0.39 is 0 Å². The summed E-state index contributed by atoms with van der Waals surface area (Å²) in [6, 6.07) is 15.5. The summed E-state index contributed by atoms with van der Waals surface area (Å²) in [6.45, 7) is 4.58. The molecule has 8 heteroatoms. The fraction of sp³-hybridized carbons (Fsp3) is 0.292. The van der Waals surface area contributed by atoms with Gasteiger partial charge >= 0.3 is 0 Å². The molecule has 1 saturated heterocycles. The Morgan fingerprint density at radius 1 is 0.969 bits per heavy atom. The second-order valence-electron chi connectivity index (χ2n) is 7.85. The first-order chi connectivity index (χ1) is 15.6. The third kappa shape index (κ3) is 3.37. The maximum atomic E-state index is 13.2. The molecule has 1 aliphatic heterocycles. The van der Waals surface area contributed by atoms with Crippen LogP contribution in [0.25, 0.3) is 16.6 Å². The normalized spacial score (nSPS) is 14.2. The minimum absolute atomic E-state index is 0.0381. The number of carbonyl (C=O) groups excluding carboxylic acids is 1. The van der Waals surface area contributed by atoms with Crippen molar-refractivity contribution in [1.29, 1.82) is 0 Å². The number of anilines is 1. The molecule has 1 fully saturated rings. The van der Waals surface area contributed by atoms with E-state index in [0.29, 0.717) is 43.2 Å². The molecule has 3 heterocycles. The number of fused-ring (bicyclic) bond motifs is 3. The molecule has 0 radical (unpaired) electrons. The van der Waals surface area contributed by atoms with E-state index in [-0.39, 0.29) is 5.91 Å². The molecule has 5 rings (SSSR count). The summed E-state index contributed by atoms with van der Waals surface area (Å²) in [4.78, 5) is 22.2. The summed E-state index contributed by atoms with van der Waals surface area (Å²) < 4.78 is 12.6. The van der Waals surface area contributed by atoms with Crippen LogP contribution < -0.4 is 14.4 Å². The fourth-order valence-electron chi connectivity index (χ4n) is 4.27. The minimum atomic E-state index is -0.0381. The monoisotopic (exact) mass is 431 g/mol. The van der Waals surface area contributed by atoms with Crippen LogP contribution in [0.15, 0.2) is 48.5 Å². The van der Waals surface area contributed by atoms with E-state index in [2.05, 4.69) is 22.1 Å². The van der Waals surface area contributed by atoms with Crippen LogP contribution in [-0.2, 0) is 0 Å². The van der Waals surface area contributed by atoms with Crippen LogP contribution in [0.5, 0.6) is 11.5 Å². The molecule has 0 bridgehead atoms. The lowest BCUT2D eigenvalue weighted by atomic mass is 10.1. The zero-order valence-electron chi connectivity index (χ0n) is 18.4. The van der Waals surface area contributed by atoms with Crippen molar-refractivity contribution in [3.63, 3.8) is 0 Å². The molecule has 2 aromatic carbocycles. The Hall–Kier alpha value is -3.81. The smallest absolute Gasteiger partial charge is 0.257 e. The van der Waals surface area contributed by atoms with Crippen molar-refractivity contribution in [3.8, 4) is 11.5 Å². The number of carbonyl (C=O) groups is 1. The second kappa shape index (κ2) is 8.03. The summed E-state index contributed by atoms with van der Waals surface area (Å²) in [5.74, 6) is 2.07. The molecule has 4 aromatic rings. The third-order valence-corrected chi connectivity index (χ3v) is 5.91. The van der Waals surface area contributed by atoms with Gasteiger partial charge in [-0.25, -0.2) is 9.50 Å². The molecule has 1 amide bonds. The van der Waals surface area contributed by atoms with E-state index in [1.54, 1.807) is 32.4 Å². The van der Waals surface area contributed by atoms with Gasteiger partial charge in [-0.15, -0.1) is 0 Å². The van der Waals surface area contributed by atoms with Gasteiger partial charge in [-0.05, 0) is 31.2 Å². The quantitative estimate of drug-likeness (QED) is 0.494. The average molecular weight is 431 g/mol. The largest absolute Gasteiger partial charge is 0.497 e. The van der Waals surface area contributed by atoms with Crippen LogP contribution in [-0.4, -0.2) is 65.8 Å². The number of amides is 1. The Bertz CT molecular complexity index is 1310. The lowest BCUT2D eigenvalue weighted by molar-refractivity contribution is 0.0743. The summed E-state index contributed by atoms with van der Waals surface area (Å²) in [5.41, 5.74) is 3.34. The van der Waals surface area contributed by atoms with Crippen LogP contribution in [0.3, 0.4) is 0 Å². The van der Waals surface area contributed by atoms with E-state index in [0.717, 1.165) is 28.1 Å². The van der Waals surface area contributed by atoms with Crippen LogP contribution in [0.1, 0.15) is 16.1 Å². The Morgan fingerprint density at radius 2 is 1.75 bits per heavy atom. The minimum Gasteiger partial charge on any atom is -0.497 e. The number of nitrogens with zero attached hydrogens (tertiary/aromatic N) is 5. The summed E-state index contributed by atoms with van der Waals surface area (Å²) >= 11 is 0. The van der Waals surface area contributed by atoms with E-state index in [1.165, 1.54) is 0 Å². The molecule has 0 aliphatic carbocycles. The highest BCUT2D eigenvalue weighted by Crippen LogP contribution is 2.29. The number of hydrogen-bond acceptors (Lipinski definition) is 6. The molecule has 0 unspecified atom stereocenters. The maximum Gasteiger partial charge on any atom is 0.257 e. The number of benzene rings is 2. The Labute approximate surface area is 186 Å². The molecule has 8 nitrogen and oxygen atoms in total. The van der Waals surface area contributed by atoms with Crippen molar-refractivity contribution in [2.75, 3.05) is 45.3 Å². The maximum absolute atomic E-state index is 13.2. The molecule has 32 heavy (non-hydrogen) atoms. The zero-order valence-corrected chi connectivity index (χ0v) is 18.4. The van der Waals surface area contributed by atoms with Gasteiger partial charge < -0.3 is 19.3 Å². The number of hydrogen-bond donors (Lipinski definition) is 0. The van der Waals surface area contributed by atoms with E-state index >= 15 is 0 Å². The van der Waals surface area contributed by atoms with Crippen LogP contribution in [0, 0.1) is 6.92 Å². The number of aryl methyl sites for hydroxylation is 1. The zero-order chi connectivity index (χ0) is 22.2. The van der Waals surface area contributed by atoms with Gasteiger partial charge in [-0.1, -0.05) is 12.1 Å². The van der Waals surface area contributed by atoms with Gasteiger partial charge in [0.25, 0.3) is 5.91 Å². The van der Waals surface area contributed by atoms with Gasteiger partial charge in [0, 0.05) is 43.7 Å². The molecular formula is C24H25N5O3. The molecule has 1 aliphatic rings. The number of para-hydroxylation sites is 1. The van der Waals surface area contributed by atoms with Gasteiger partial charge in [0.1, 0.15) is 17.3 Å². The predicted molar refractivity (Wildman–Crippen MR) is 123 cm³/mol. The topological polar surface area (TPSA) is 72.2 Å². The SMILES string of the molecule is COc1ccc(C(=O)N2CCN(c3nc4cc(C)nn4c4ccccc34)CC2)c(OC)c1. The highest BCUT2D eigenvalue weighted by molar-refractivity contribution is 5.97. The van der Waals surface area contributed by atoms with Crippen LogP contribution >= 0.6 is 0 Å². The second-order valence-corrected chi connectivity index (χ2v) is 7.85. The highest BCUT2D eigenvalue weighted by atomic mass is 16.5. The molecule has 0 saturated carbocycles. The van der Waals surface area contributed by atoms with Crippen molar-refractivity contribution >= 4 is 28.3 Å². The average Bonchev–Trinajstić information content (AvgIpc) is 3.23. The van der Waals surface area contributed by atoms with Crippen molar-refractivity contribution < 1.29 is 14.3 Å². The molecule has 164 valence electrons. The molecular weight excluding hydrogens is 406 g/mol. The number of ether oxygens (including phenoxy) is 2. The van der Waals surface area contributed by atoms with E-state index in [1.807, 2.05) is 34.5 Å². The Kier molecular flexibility index (Phi) is 5.05. The highest BCUT2D eigenvalue weighted by Gasteiger charge is 2.26. The molecule has 0 atom stereocenters. The van der Waals surface area contributed by atoms with Crippen molar-refractivity contribution in [3.05, 3.63) is 59.8 Å². The van der Waals surface area contributed by atoms with E-state index in [4.69, 9.17) is 14.5 Å². The first-order valence-corrected chi connectivity index (χ1v) is 10.6. The Balaban J connectivity index is 1.40. The molecule has 2 aromatic heterocycles. The number of rotatable bonds is 4. The Morgan fingerprint density at radius 3 is 2.50 bits per heavy atom. The van der Waals surface area contributed by atoms with Gasteiger partial charge in [0.2, 0.25) is 0 Å². The summed E-state index contributed by atoms with van der Waals surface area (Å²) in [7, 11) is 3.16. The lowest BCUT2D eigenvalue weighted by Crippen LogP contribution is -2.49. The van der Waals surface area contributed by atoms with Crippen LogP contribution in [0.2, 0.25) is 0 Å². The van der Waals surface area contributed by atoms with Gasteiger partial charge in [-0.3, -0.25) is 4.79 Å². The van der Waals surface area contributed by atoms with Crippen molar-refractivity contribution in [1.82, 2.24) is 19.5 Å². The number of methoxy groups -OCH3 is 2. The fourth-order valence-corrected chi connectivity index (χ4v) is 4.27. The predicted octanol–water partition coefficient (Wildman–Crippen LogP) is 3.17. The molecule has 0 spiro atoms. The summed E-state index contributed by atoms with van der Waals surface area (Å²) in [5, 5.41) is 5.64.